The third-order valence-corrected chi connectivity index (χ3v) is 7.72. The van der Waals surface area contributed by atoms with Crippen molar-refractivity contribution in [1.29, 1.82) is 0 Å². The first-order chi connectivity index (χ1) is 12.7. The highest BCUT2D eigenvalue weighted by Crippen LogP contribution is 2.61. The average Bonchev–Trinajstić information content (AvgIpc) is 3.00. The van der Waals surface area contributed by atoms with Crippen LogP contribution in [-0.2, 0) is 15.0 Å². The third kappa shape index (κ3) is 4.18. The monoisotopic (exact) mass is 390 g/mol. The maximum absolute atomic E-state index is 12.5. The van der Waals surface area contributed by atoms with Gasteiger partial charge in [-0.2, -0.15) is 0 Å². The molecule has 0 spiro atoms. The first-order valence-corrected chi connectivity index (χ1v) is 10.9. The molecule has 4 aliphatic carbocycles. The van der Waals surface area contributed by atoms with E-state index >= 15 is 0 Å². The Morgan fingerprint density at radius 3 is 2.15 bits per heavy atom. The van der Waals surface area contributed by atoms with Gasteiger partial charge in [0.05, 0.1) is 6.54 Å². The second-order valence-electron chi connectivity index (χ2n) is 10.1. The summed E-state index contributed by atoms with van der Waals surface area (Å²) in [6.45, 7) is 6.17. The lowest BCUT2D eigenvalue weighted by molar-refractivity contribution is -0.131. The van der Waals surface area contributed by atoms with E-state index in [9.17, 15) is 9.59 Å². The molecule has 148 valence electrons. The lowest BCUT2D eigenvalue weighted by Crippen LogP contribution is -2.48. The van der Waals surface area contributed by atoms with Gasteiger partial charge in [0.25, 0.3) is 0 Å². The Morgan fingerprint density at radius 1 is 1.04 bits per heavy atom. The molecule has 0 aliphatic heterocycles. The van der Waals surface area contributed by atoms with Crippen LogP contribution < -0.4 is 10.6 Å². The van der Waals surface area contributed by atoms with Crippen molar-refractivity contribution in [3.8, 4) is 0 Å². The molecular formula is C20H30N4O2S. The van der Waals surface area contributed by atoms with Gasteiger partial charge in [-0.3, -0.25) is 14.9 Å². The number of anilines is 1. The normalized spacial score (nSPS) is 31.7. The molecule has 0 atom stereocenters. The van der Waals surface area contributed by atoms with Crippen molar-refractivity contribution in [3.05, 3.63) is 5.01 Å². The Hall–Kier alpha value is -1.50. The molecule has 6 nitrogen and oxygen atoms in total. The first-order valence-electron chi connectivity index (χ1n) is 10.1. The van der Waals surface area contributed by atoms with Crippen molar-refractivity contribution in [2.75, 3.05) is 11.9 Å². The van der Waals surface area contributed by atoms with Crippen molar-refractivity contribution in [3.63, 3.8) is 0 Å². The van der Waals surface area contributed by atoms with E-state index in [1.54, 1.807) is 0 Å². The maximum atomic E-state index is 12.5. The second-order valence-corrected chi connectivity index (χ2v) is 11.1. The Bertz CT molecular complexity index is 701. The molecule has 1 aromatic heterocycles. The number of nitrogens with one attached hydrogen (secondary N) is 2. The average molecular weight is 391 g/mol. The molecule has 1 heterocycles. The zero-order valence-electron chi connectivity index (χ0n) is 16.5. The van der Waals surface area contributed by atoms with Gasteiger partial charge in [0.2, 0.25) is 16.9 Å². The summed E-state index contributed by atoms with van der Waals surface area (Å²) in [5.41, 5.74) is 0.114. The van der Waals surface area contributed by atoms with Crippen LogP contribution >= 0.6 is 11.3 Å². The number of rotatable bonds is 5. The number of carbonyl (C=O) groups excluding carboxylic acids is 2. The molecule has 4 bridgehead atoms. The molecule has 27 heavy (non-hydrogen) atoms. The number of nitrogens with zero attached hydrogens (tertiary/aromatic N) is 2. The number of hydrogen-bond donors (Lipinski definition) is 2. The Kier molecular flexibility index (Phi) is 4.77. The Balaban J connectivity index is 1.26. The first kappa shape index (κ1) is 18.8. The van der Waals surface area contributed by atoms with Crippen molar-refractivity contribution < 1.29 is 9.59 Å². The van der Waals surface area contributed by atoms with Gasteiger partial charge in [0.1, 0.15) is 5.01 Å². The number of aromatic nitrogens is 2. The topological polar surface area (TPSA) is 84.0 Å². The summed E-state index contributed by atoms with van der Waals surface area (Å²) in [7, 11) is 0. The van der Waals surface area contributed by atoms with E-state index in [1.807, 2.05) is 0 Å². The van der Waals surface area contributed by atoms with Crippen LogP contribution in [0.15, 0.2) is 0 Å². The fraction of sp³-hybridized carbons (Fsp3) is 0.800. The molecule has 4 aliphatic rings. The minimum atomic E-state index is -0.245. The molecule has 1 aromatic rings. The molecule has 0 radical (unpaired) electrons. The highest BCUT2D eigenvalue weighted by molar-refractivity contribution is 7.15. The highest BCUT2D eigenvalue weighted by Gasteiger charge is 2.51. The van der Waals surface area contributed by atoms with Crippen molar-refractivity contribution in [2.24, 2.45) is 23.2 Å². The van der Waals surface area contributed by atoms with E-state index in [0.717, 1.165) is 22.8 Å². The largest absolute Gasteiger partial charge is 0.347 e. The zero-order valence-corrected chi connectivity index (χ0v) is 17.3. The lowest BCUT2D eigenvalue weighted by atomic mass is 9.49. The van der Waals surface area contributed by atoms with Crippen LogP contribution in [0.2, 0.25) is 0 Å². The standard InChI is InChI=1S/C20H30N4O2S/c1-19(2,3)17-23-24-18(27-17)22-16(26)11-21-15(25)10-20-7-12-4-13(8-20)6-14(5-12)9-20/h12-14H,4-11H2,1-3H3,(H,21,25)(H,22,24,26). The summed E-state index contributed by atoms with van der Waals surface area (Å²) in [6, 6.07) is 0. The molecular weight excluding hydrogens is 360 g/mol. The van der Waals surface area contributed by atoms with E-state index in [2.05, 4.69) is 41.6 Å². The van der Waals surface area contributed by atoms with Gasteiger partial charge in [-0.15, -0.1) is 10.2 Å². The van der Waals surface area contributed by atoms with Crippen LogP contribution in [0.3, 0.4) is 0 Å². The van der Waals surface area contributed by atoms with E-state index in [1.165, 1.54) is 49.9 Å². The number of hydrogen-bond acceptors (Lipinski definition) is 5. The highest BCUT2D eigenvalue weighted by atomic mass is 32.1. The van der Waals surface area contributed by atoms with Gasteiger partial charge in [0, 0.05) is 11.8 Å². The molecule has 0 aromatic carbocycles. The zero-order chi connectivity index (χ0) is 19.2. The fourth-order valence-corrected chi connectivity index (χ4v) is 6.65. The van der Waals surface area contributed by atoms with Crippen LogP contribution in [0.5, 0.6) is 0 Å². The van der Waals surface area contributed by atoms with Gasteiger partial charge in [-0.1, -0.05) is 32.1 Å². The number of amides is 2. The summed E-state index contributed by atoms with van der Waals surface area (Å²) in [4.78, 5) is 24.7. The van der Waals surface area contributed by atoms with Crippen LogP contribution in [-0.4, -0.2) is 28.6 Å². The molecule has 0 saturated heterocycles. The smallest absolute Gasteiger partial charge is 0.245 e. The molecule has 4 saturated carbocycles. The summed E-state index contributed by atoms with van der Waals surface area (Å²) in [6.07, 6.45) is 8.33. The summed E-state index contributed by atoms with van der Waals surface area (Å²) >= 11 is 1.38. The summed E-state index contributed by atoms with van der Waals surface area (Å²) in [5.74, 6) is 2.27. The van der Waals surface area contributed by atoms with Gasteiger partial charge >= 0.3 is 0 Å². The quantitative estimate of drug-likeness (QED) is 0.806. The lowest BCUT2D eigenvalue weighted by Gasteiger charge is -2.56. The van der Waals surface area contributed by atoms with Crippen LogP contribution in [0, 0.1) is 23.2 Å². The van der Waals surface area contributed by atoms with E-state index in [0.29, 0.717) is 11.6 Å². The third-order valence-electron chi connectivity index (χ3n) is 6.46. The maximum Gasteiger partial charge on any atom is 0.245 e. The molecule has 0 unspecified atom stereocenters. The van der Waals surface area contributed by atoms with Crippen molar-refractivity contribution >= 4 is 28.3 Å². The Labute approximate surface area is 164 Å². The summed E-state index contributed by atoms with van der Waals surface area (Å²) in [5, 5.41) is 15.1. The van der Waals surface area contributed by atoms with Gasteiger partial charge in [-0.05, 0) is 61.7 Å². The molecule has 2 amide bonds. The predicted octanol–water partition coefficient (Wildman–Crippen LogP) is 3.50. The van der Waals surface area contributed by atoms with E-state index < -0.39 is 0 Å². The SMILES string of the molecule is CC(C)(C)c1nnc(NC(=O)CNC(=O)CC23CC4CC(CC(C4)C2)C3)s1. The van der Waals surface area contributed by atoms with Crippen LogP contribution in [0.1, 0.15) is 70.7 Å². The van der Waals surface area contributed by atoms with Crippen molar-refractivity contribution in [2.45, 2.75) is 71.1 Å². The molecule has 2 N–H and O–H groups in total. The van der Waals surface area contributed by atoms with Gasteiger partial charge in [0.15, 0.2) is 0 Å². The fourth-order valence-electron chi connectivity index (χ4n) is 5.83. The van der Waals surface area contributed by atoms with E-state index in [-0.39, 0.29) is 29.2 Å². The minimum absolute atomic E-state index is 0.00434. The van der Waals surface area contributed by atoms with Crippen LogP contribution in [0.25, 0.3) is 0 Å². The molecule has 7 heteroatoms. The van der Waals surface area contributed by atoms with Crippen LogP contribution in [0.4, 0.5) is 5.13 Å². The minimum Gasteiger partial charge on any atom is -0.347 e. The van der Waals surface area contributed by atoms with E-state index in [4.69, 9.17) is 0 Å². The van der Waals surface area contributed by atoms with Gasteiger partial charge < -0.3 is 5.32 Å². The second kappa shape index (κ2) is 6.83. The predicted molar refractivity (Wildman–Crippen MR) is 105 cm³/mol. The molecule has 5 rings (SSSR count). The number of carbonyl (C=O) groups is 2. The van der Waals surface area contributed by atoms with Gasteiger partial charge in [-0.25, -0.2) is 0 Å². The summed E-state index contributed by atoms with van der Waals surface area (Å²) < 4.78 is 0. The van der Waals surface area contributed by atoms with Crippen molar-refractivity contribution in [1.82, 2.24) is 15.5 Å². The molecule has 4 fully saturated rings. The Morgan fingerprint density at radius 2 is 1.63 bits per heavy atom.